The number of hydrogen-bond donors (Lipinski definition) is 1. The van der Waals surface area contributed by atoms with Crippen molar-refractivity contribution in [3.8, 4) is 11.1 Å². The van der Waals surface area contributed by atoms with Crippen molar-refractivity contribution in [1.82, 2.24) is 14.8 Å². The SMILES string of the molecule is CCOC(=O)c1c(-c2ccc(F)cc2)csc1NC(=O)CSc1nnc(C2CC2)n1C1CC1. The summed E-state index contributed by atoms with van der Waals surface area (Å²) >= 11 is 2.61. The molecule has 1 amide bonds. The van der Waals surface area contributed by atoms with E-state index in [0.29, 0.717) is 28.1 Å². The number of aromatic nitrogens is 3. The van der Waals surface area contributed by atoms with Crippen LogP contribution in [0.25, 0.3) is 11.1 Å². The van der Waals surface area contributed by atoms with Crippen molar-refractivity contribution in [3.05, 3.63) is 46.9 Å². The van der Waals surface area contributed by atoms with Crippen molar-refractivity contribution in [2.24, 2.45) is 0 Å². The zero-order chi connectivity index (χ0) is 22.9. The molecule has 1 N–H and O–H groups in total. The Hall–Kier alpha value is -2.72. The predicted octanol–water partition coefficient (Wildman–Crippen LogP) is 5.27. The third kappa shape index (κ3) is 4.81. The summed E-state index contributed by atoms with van der Waals surface area (Å²) in [6.45, 7) is 1.93. The Balaban J connectivity index is 1.32. The molecule has 10 heteroatoms. The normalized spacial score (nSPS) is 15.5. The Morgan fingerprint density at radius 3 is 2.64 bits per heavy atom. The van der Waals surface area contributed by atoms with Gasteiger partial charge in [0.2, 0.25) is 5.91 Å². The van der Waals surface area contributed by atoms with Gasteiger partial charge in [-0.25, -0.2) is 9.18 Å². The molecule has 0 unspecified atom stereocenters. The number of ether oxygens (including phenoxy) is 1. The summed E-state index contributed by atoms with van der Waals surface area (Å²) in [4.78, 5) is 25.5. The average molecular weight is 487 g/mol. The number of nitrogens with zero attached hydrogens (tertiary/aromatic N) is 3. The van der Waals surface area contributed by atoms with Gasteiger partial charge in [0, 0.05) is 22.9 Å². The van der Waals surface area contributed by atoms with E-state index in [-0.39, 0.29) is 29.6 Å². The third-order valence-electron chi connectivity index (χ3n) is 5.56. The highest BCUT2D eigenvalue weighted by molar-refractivity contribution is 7.99. The standard InChI is InChI=1S/C23H23FN4O3S2/c1-2-31-22(30)19-17(13-5-7-15(24)8-6-13)11-32-21(19)25-18(29)12-33-23-27-26-20(14-3-4-14)28(23)16-9-10-16/h5-8,11,14,16H,2-4,9-10,12H2,1H3,(H,25,29). The Bertz CT molecular complexity index is 1180. The number of thiophene rings is 1. The Kier molecular flexibility index (Phi) is 6.20. The number of carbonyl (C=O) groups excluding carboxylic acids is 2. The van der Waals surface area contributed by atoms with Crippen molar-refractivity contribution in [2.75, 3.05) is 17.7 Å². The molecule has 5 rings (SSSR count). The number of anilines is 1. The van der Waals surface area contributed by atoms with Crippen LogP contribution in [0.15, 0.2) is 34.8 Å². The predicted molar refractivity (Wildman–Crippen MR) is 125 cm³/mol. The van der Waals surface area contributed by atoms with Crippen molar-refractivity contribution >= 4 is 40.0 Å². The summed E-state index contributed by atoms with van der Waals surface area (Å²) in [5.74, 6) is 0.583. The molecule has 3 aromatic rings. The third-order valence-corrected chi connectivity index (χ3v) is 7.40. The van der Waals surface area contributed by atoms with E-state index in [1.54, 1.807) is 24.4 Å². The summed E-state index contributed by atoms with van der Waals surface area (Å²) in [6, 6.07) is 6.32. The lowest BCUT2D eigenvalue weighted by molar-refractivity contribution is -0.113. The lowest BCUT2D eigenvalue weighted by Crippen LogP contribution is -2.17. The maximum Gasteiger partial charge on any atom is 0.341 e. The largest absolute Gasteiger partial charge is 0.462 e. The molecule has 33 heavy (non-hydrogen) atoms. The van der Waals surface area contributed by atoms with Crippen LogP contribution in [0, 0.1) is 5.82 Å². The molecule has 0 radical (unpaired) electrons. The van der Waals surface area contributed by atoms with Gasteiger partial charge in [0.15, 0.2) is 5.16 Å². The van der Waals surface area contributed by atoms with Gasteiger partial charge in [-0.3, -0.25) is 4.79 Å². The summed E-state index contributed by atoms with van der Waals surface area (Å²) < 4.78 is 20.8. The highest BCUT2D eigenvalue weighted by Crippen LogP contribution is 2.46. The number of esters is 1. The summed E-state index contributed by atoms with van der Waals surface area (Å²) in [5.41, 5.74) is 1.56. The lowest BCUT2D eigenvalue weighted by Gasteiger charge is -2.10. The van der Waals surface area contributed by atoms with E-state index in [4.69, 9.17) is 4.74 Å². The molecule has 0 atom stereocenters. The molecule has 2 aliphatic rings. The topological polar surface area (TPSA) is 86.1 Å². The molecule has 7 nitrogen and oxygen atoms in total. The zero-order valence-electron chi connectivity index (χ0n) is 18.0. The van der Waals surface area contributed by atoms with Gasteiger partial charge >= 0.3 is 5.97 Å². The molecule has 1 aromatic carbocycles. The number of halogens is 1. The van der Waals surface area contributed by atoms with E-state index in [1.165, 1.54) is 35.2 Å². The number of carbonyl (C=O) groups is 2. The van der Waals surface area contributed by atoms with Crippen LogP contribution in [0.2, 0.25) is 0 Å². The van der Waals surface area contributed by atoms with Crippen molar-refractivity contribution in [2.45, 2.75) is 49.7 Å². The molecular weight excluding hydrogens is 463 g/mol. The monoisotopic (exact) mass is 486 g/mol. The molecule has 2 heterocycles. The first-order valence-electron chi connectivity index (χ1n) is 11.0. The minimum absolute atomic E-state index is 0.154. The second-order valence-electron chi connectivity index (χ2n) is 8.13. The van der Waals surface area contributed by atoms with Gasteiger partial charge in [0.05, 0.1) is 12.4 Å². The number of thioether (sulfide) groups is 1. The van der Waals surface area contributed by atoms with Crippen LogP contribution in [0.5, 0.6) is 0 Å². The first-order valence-corrected chi connectivity index (χ1v) is 12.8. The zero-order valence-corrected chi connectivity index (χ0v) is 19.7. The van der Waals surface area contributed by atoms with E-state index in [2.05, 4.69) is 20.1 Å². The van der Waals surface area contributed by atoms with E-state index in [1.807, 2.05) is 0 Å². The van der Waals surface area contributed by atoms with E-state index < -0.39 is 5.97 Å². The molecule has 2 fully saturated rings. The summed E-state index contributed by atoms with van der Waals surface area (Å²) in [5, 5.41) is 14.5. The van der Waals surface area contributed by atoms with Gasteiger partial charge in [0.25, 0.3) is 0 Å². The molecule has 172 valence electrons. The number of hydrogen-bond acceptors (Lipinski definition) is 7. The van der Waals surface area contributed by atoms with Crippen LogP contribution in [0.3, 0.4) is 0 Å². The van der Waals surface area contributed by atoms with Crippen LogP contribution in [0.1, 0.15) is 60.7 Å². The first kappa shape index (κ1) is 22.1. The fraction of sp³-hybridized carbons (Fsp3) is 0.391. The molecule has 0 bridgehead atoms. The molecule has 2 aliphatic carbocycles. The Labute approximate surface area is 198 Å². The molecule has 2 saturated carbocycles. The highest BCUT2D eigenvalue weighted by Gasteiger charge is 2.36. The van der Waals surface area contributed by atoms with Gasteiger partial charge in [-0.1, -0.05) is 23.9 Å². The van der Waals surface area contributed by atoms with Crippen molar-refractivity contribution < 1.29 is 18.7 Å². The van der Waals surface area contributed by atoms with Gasteiger partial charge in [-0.05, 0) is 50.3 Å². The summed E-state index contributed by atoms with van der Waals surface area (Å²) in [7, 11) is 0. The minimum Gasteiger partial charge on any atom is -0.462 e. The Morgan fingerprint density at radius 1 is 1.21 bits per heavy atom. The quantitative estimate of drug-likeness (QED) is 0.328. The van der Waals surface area contributed by atoms with Gasteiger partial charge in [0.1, 0.15) is 22.2 Å². The average Bonchev–Trinajstić information content (AvgIpc) is 3.74. The fourth-order valence-electron chi connectivity index (χ4n) is 3.67. The second-order valence-corrected chi connectivity index (χ2v) is 9.96. The Morgan fingerprint density at radius 2 is 1.97 bits per heavy atom. The van der Waals surface area contributed by atoms with Crippen LogP contribution in [-0.2, 0) is 9.53 Å². The minimum atomic E-state index is -0.524. The molecule has 0 saturated heterocycles. The molecule has 0 spiro atoms. The maximum absolute atomic E-state index is 13.4. The number of nitrogens with one attached hydrogen (secondary N) is 1. The summed E-state index contributed by atoms with van der Waals surface area (Å²) in [6.07, 6.45) is 4.56. The van der Waals surface area contributed by atoms with Gasteiger partial charge < -0.3 is 14.6 Å². The lowest BCUT2D eigenvalue weighted by atomic mass is 10.0. The number of benzene rings is 1. The molecule has 0 aliphatic heterocycles. The second kappa shape index (κ2) is 9.26. The van der Waals surface area contributed by atoms with E-state index in [9.17, 15) is 14.0 Å². The number of amides is 1. The van der Waals surface area contributed by atoms with Crippen molar-refractivity contribution in [3.63, 3.8) is 0 Å². The van der Waals surface area contributed by atoms with Crippen LogP contribution in [0.4, 0.5) is 9.39 Å². The van der Waals surface area contributed by atoms with E-state index >= 15 is 0 Å². The number of rotatable bonds is 9. The van der Waals surface area contributed by atoms with Gasteiger partial charge in [-0.2, -0.15) is 0 Å². The molecular formula is C23H23FN4O3S2. The highest BCUT2D eigenvalue weighted by atomic mass is 32.2. The van der Waals surface area contributed by atoms with E-state index in [0.717, 1.165) is 36.7 Å². The fourth-order valence-corrected chi connectivity index (χ4v) is 5.46. The van der Waals surface area contributed by atoms with Gasteiger partial charge in [-0.15, -0.1) is 21.5 Å². The maximum atomic E-state index is 13.4. The van der Waals surface area contributed by atoms with Crippen LogP contribution < -0.4 is 5.32 Å². The van der Waals surface area contributed by atoms with Crippen molar-refractivity contribution in [1.29, 1.82) is 0 Å². The smallest absolute Gasteiger partial charge is 0.341 e. The van der Waals surface area contributed by atoms with Crippen LogP contribution in [-0.4, -0.2) is 39.0 Å². The van der Waals surface area contributed by atoms with Crippen LogP contribution >= 0.6 is 23.1 Å². The first-order chi connectivity index (χ1) is 16.0. The molecule has 2 aromatic heterocycles.